The highest BCUT2D eigenvalue weighted by molar-refractivity contribution is 5.94. The van der Waals surface area contributed by atoms with Crippen LogP contribution >= 0.6 is 0 Å². The van der Waals surface area contributed by atoms with Crippen LogP contribution in [0.2, 0.25) is 0 Å². The van der Waals surface area contributed by atoms with Crippen LogP contribution in [0.15, 0.2) is 52.9 Å². The summed E-state index contributed by atoms with van der Waals surface area (Å²) in [6.07, 6.45) is 0.685. The predicted octanol–water partition coefficient (Wildman–Crippen LogP) is 3.25. The highest BCUT2D eigenvalue weighted by atomic mass is 19.1. The molecule has 156 valence electrons. The van der Waals surface area contributed by atoms with Crippen LogP contribution in [0.3, 0.4) is 0 Å². The molecular formula is C23H24FN3O3. The number of carbonyl (C=O) groups is 1. The van der Waals surface area contributed by atoms with Crippen molar-refractivity contribution >= 4 is 5.91 Å². The van der Waals surface area contributed by atoms with E-state index in [0.29, 0.717) is 37.5 Å². The maximum atomic E-state index is 14.3. The molecule has 7 heteroatoms. The van der Waals surface area contributed by atoms with E-state index in [-0.39, 0.29) is 18.0 Å². The van der Waals surface area contributed by atoms with E-state index in [1.165, 1.54) is 6.07 Å². The molecule has 2 N–H and O–H groups in total. The number of oxazole rings is 1. The van der Waals surface area contributed by atoms with Crippen LogP contribution in [0.25, 0.3) is 0 Å². The molecule has 1 aromatic heterocycles. The molecule has 1 unspecified atom stereocenters. The number of amides is 1. The summed E-state index contributed by atoms with van der Waals surface area (Å²) in [6, 6.07) is 14.3. The minimum Gasteiger partial charge on any atom is -0.442 e. The number of benzene rings is 2. The van der Waals surface area contributed by atoms with E-state index in [0.717, 1.165) is 16.9 Å². The number of hydrogen-bond acceptors (Lipinski definition) is 5. The Morgan fingerprint density at radius 2 is 2.10 bits per heavy atom. The Labute approximate surface area is 174 Å². The van der Waals surface area contributed by atoms with Gasteiger partial charge in [0.05, 0.1) is 12.1 Å². The van der Waals surface area contributed by atoms with Gasteiger partial charge in [-0.3, -0.25) is 4.79 Å². The predicted molar refractivity (Wildman–Crippen MR) is 109 cm³/mol. The SMILES string of the molecule is COC(c1ccccc1)c1nc2c(o1)CCN(C(=O)c1cc(CCN)ccc1F)C2. The van der Waals surface area contributed by atoms with Gasteiger partial charge in [-0.1, -0.05) is 36.4 Å². The number of rotatable bonds is 6. The number of fused-ring (bicyclic) bond motifs is 1. The minimum atomic E-state index is -0.532. The zero-order chi connectivity index (χ0) is 21.1. The summed E-state index contributed by atoms with van der Waals surface area (Å²) in [4.78, 5) is 19.2. The Hall–Kier alpha value is -3.03. The maximum Gasteiger partial charge on any atom is 0.257 e. The van der Waals surface area contributed by atoms with Crippen LogP contribution in [-0.2, 0) is 24.1 Å². The Kier molecular flexibility index (Phi) is 5.92. The quantitative estimate of drug-likeness (QED) is 0.676. The highest BCUT2D eigenvalue weighted by Gasteiger charge is 2.30. The van der Waals surface area contributed by atoms with Crippen molar-refractivity contribution in [3.05, 3.63) is 88.4 Å². The van der Waals surface area contributed by atoms with Crippen molar-refractivity contribution in [3.63, 3.8) is 0 Å². The van der Waals surface area contributed by atoms with Gasteiger partial charge >= 0.3 is 0 Å². The maximum absolute atomic E-state index is 14.3. The lowest BCUT2D eigenvalue weighted by atomic mass is 10.1. The standard InChI is InChI=1S/C23H24FN3O3/c1-29-21(16-5-3-2-4-6-16)22-26-19-14-27(12-10-20(19)30-22)23(28)17-13-15(9-11-25)7-8-18(17)24/h2-8,13,21H,9-12,14,25H2,1H3. The molecule has 1 aliphatic heterocycles. The van der Waals surface area contributed by atoms with Gasteiger partial charge in [0.15, 0.2) is 6.10 Å². The summed E-state index contributed by atoms with van der Waals surface area (Å²) >= 11 is 0. The van der Waals surface area contributed by atoms with Crippen LogP contribution in [-0.4, -0.2) is 36.0 Å². The van der Waals surface area contributed by atoms with Crippen LogP contribution < -0.4 is 5.73 Å². The fourth-order valence-electron chi connectivity index (χ4n) is 3.74. The van der Waals surface area contributed by atoms with E-state index in [2.05, 4.69) is 4.98 Å². The topological polar surface area (TPSA) is 81.6 Å². The Balaban J connectivity index is 1.56. The Bertz CT molecular complexity index is 1040. The molecular weight excluding hydrogens is 385 g/mol. The first kappa shape index (κ1) is 20.3. The van der Waals surface area contributed by atoms with Crippen molar-refractivity contribution in [2.75, 3.05) is 20.2 Å². The second-order valence-electron chi connectivity index (χ2n) is 7.28. The fraction of sp³-hybridized carbons (Fsp3) is 0.304. The van der Waals surface area contributed by atoms with Crippen molar-refractivity contribution in [2.45, 2.75) is 25.5 Å². The molecule has 2 aromatic carbocycles. The summed E-state index contributed by atoms with van der Waals surface area (Å²) < 4.78 is 25.9. The number of halogens is 1. The molecule has 0 aliphatic carbocycles. The number of aromatic nitrogens is 1. The van der Waals surface area contributed by atoms with Crippen molar-refractivity contribution < 1.29 is 18.3 Å². The third-order valence-corrected chi connectivity index (χ3v) is 5.29. The van der Waals surface area contributed by atoms with Gasteiger partial charge in [-0.05, 0) is 36.2 Å². The molecule has 0 bridgehead atoms. The normalized spacial score (nSPS) is 14.4. The zero-order valence-electron chi connectivity index (χ0n) is 16.8. The minimum absolute atomic E-state index is 0.0622. The van der Waals surface area contributed by atoms with E-state index in [1.807, 2.05) is 30.3 Å². The van der Waals surface area contributed by atoms with Crippen LogP contribution in [0.1, 0.15) is 44.9 Å². The van der Waals surface area contributed by atoms with Gasteiger partial charge in [-0.2, -0.15) is 0 Å². The summed E-state index contributed by atoms with van der Waals surface area (Å²) in [5, 5.41) is 0. The molecule has 0 saturated heterocycles. The molecule has 0 saturated carbocycles. The molecule has 4 rings (SSSR count). The van der Waals surface area contributed by atoms with Crippen LogP contribution in [0.5, 0.6) is 0 Å². The van der Waals surface area contributed by atoms with Gasteiger partial charge < -0.3 is 19.8 Å². The largest absolute Gasteiger partial charge is 0.442 e. The van der Waals surface area contributed by atoms with Gasteiger partial charge in [-0.15, -0.1) is 0 Å². The molecule has 1 aliphatic rings. The van der Waals surface area contributed by atoms with Gasteiger partial charge in [0.1, 0.15) is 17.3 Å². The van der Waals surface area contributed by atoms with Crippen molar-refractivity contribution in [1.29, 1.82) is 0 Å². The number of nitrogens with two attached hydrogens (primary N) is 1. The Morgan fingerprint density at radius 3 is 2.83 bits per heavy atom. The molecule has 30 heavy (non-hydrogen) atoms. The number of carbonyl (C=O) groups excluding carboxylic acids is 1. The van der Waals surface area contributed by atoms with Gasteiger partial charge in [0, 0.05) is 20.1 Å². The average Bonchev–Trinajstić information content (AvgIpc) is 3.19. The lowest BCUT2D eigenvalue weighted by Gasteiger charge is -2.25. The highest BCUT2D eigenvalue weighted by Crippen LogP contribution is 2.29. The average molecular weight is 409 g/mol. The monoisotopic (exact) mass is 409 g/mol. The van der Waals surface area contributed by atoms with Gasteiger partial charge in [0.2, 0.25) is 5.89 Å². The molecule has 2 heterocycles. The third kappa shape index (κ3) is 3.99. The lowest BCUT2D eigenvalue weighted by Crippen LogP contribution is -2.36. The number of nitrogens with zero attached hydrogens (tertiary/aromatic N) is 2. The van der Waals surface area contributed by atoms with Gasteiger partial charge in [0.25, 0.3) is 5.91 Å². The molecule has 1 atom stereocenters. The second kappa shape index (κ2) is 8.77. The first-order chi connectivity index (χ1) is 14.6. The Morgan fingerprint density at radius 1 is 1.30 bits per heavy atom. The molecule has 0 fully saturated rings. The van der Waals surface area contributed by atoms with E-state index in [9.17, 15) is 9.18 Å². The number of ether oxygens (including phenoxy) is 1. The fourth-order valence-corrected chi connectivity index (χ4v) is 3.74. The summed E-state index contributed by atoms with van der Waals surface area (Å²) in [6.45, 7) is 1.14. The molecule has 6 nitrogen and oxygen atoms in total. The zero-order valence-corrected chi connectivity index (χ0v) is 16.8. The first-order valence-corrected chi connectivity index (χ1v) is 9.94. The van der Waals surface area contributed by atoms with Crippen molar-refractivity contribution in [3.8, 4) is 0 Å². The number of hydrogen-bond donors (Lipinski definition) is 1. The second-order valence-corrected chi connectivity index (χ2v) is 7.28. The summed E-state index contributed by atoms with van der Waals surface area (Å²) in [5.41, 5.74) is 8.10. The van der Waals surface area contributed by atoms with E-state index < -0.39 is 11.9 Å². The van der Waals surface area contributed by atoms with Crippen molar-refractivity contribution in [2.24, 2.45) is 5.73 Å². The van der Waals surface area contributed by atoms with Crippen molar-refractivity contribution in [1.82, 2.24) is 9.88 Å². The van der Waals surface area contributed by atoms with E-state index in [1.54, 1.807) is 24.1 Å². The molecule has 0 radical (unpaired) electrons. The summed E-state index contributed by atoms with van der Waals surface area (Å²) in [7, 11) is 1.60. The van der Waals surface area contributed by atoms with E-state index >= 15 is 0 Å². The lowest BCUT2D eigenvalue weighted by molar-refractivity contribution is 0.0722. The first-order valence-electron chi connectivity index (χ1n) is 9.94. The summed E-state index contributed by atoms with van der Waals surface area (Å²) in [5.74, 6) is 0.312. The molecule has 3 aromatic rings. The molecule has 1 amide bonds. The number of methoxy groups -OCH3 is 1. The van der Waals surface area contributed by atoms with Crippen LogP contribution in [0.4, 0.5) is 4.39 Å². The van der Waals surface area contributed by atoms with E-state index in [4.69, 9.17) is 14.9 Å². The smallest absolute Gasteiger partial charge is 0.257 e. The molecule has 0 spiro atoms. The van der Waals surface area contributed by atoms with Crippen LogP contribution in [0, 0.1) is 5.82 Å². The third-order valence-electron chi connectivity index (χ3n) is 5.29. The van der Waals surface area contributed by atoms with Gasteiger partial charge in [-0.25, -0.2) is 9.37 Å².